The van der Waals surface area contributed by atoms with Crippen molar-refractivity contribution in [2.75, 3.05) is 26.7 Å². The molecule has 0 aliphatic carbocycles. The summed E-state index contributed by atoms with van der Waals surface area (Å²) in [7, 11) is 1.75. The van der Waals surface area contributed by atoms with Crippen LogP contribution in [0.25, 0.3) is 10.9 Å². The number of aryl methyl sites for hydroxylation is 1. The van der Waals surface area contributed by atoms with Gasteiger partial charge in [0.25, 0.3) is 5.56 Å². The Hall–Kier alpha value is -2.70. The van der Waals surface area contributed by atoms with Crippen LogP contribution >= 0.6 is 0 Å². The second-order valence-electron chi connectivity index (χ2n) is 5.98. The van der Waals surface area contributed by atoms with Crippen LogP contribution in [-0.4, -0.2) is 58.3 Å². The SMILES string of the molecule is CN1CCN(C(=O)CCc2nc3ccccc3c(=O)[nH]2)CCC1=O. The molecule has 0 radical (unpaired) electrons. The summed E-state index contributed by atoms with van der Waals surface area (Å²) in [5.74, 6) is 0.551. The predicted molar refractivity (Wildman–Crippen MR) is 89.5 cm³/mol. The van der Waals surface area contributed by atoms with Crippen molar-refractivity contribution in [1.29, 1.82) is 0 Å². The topological polar surface area (TPSA) is 86.4 Å². The number of nitrogens with zero attached hydrogens (tertiary/aromatic N) is 3. The van der Waals surface area contributed by atoms with Crippen LogP contribution in [0.4, 0.5) is 0 Å². The van der Waals surface area contributed by atoms with Crippen molar-refractivity contribution < 1.29 is 9.59 Å². The lowest BCUT2D eigenvalue weighted by Crippen LogP contribution is -2.34. The zero-order valence-electron chi connectivity index (χ0n) is 13.6. The molecule has 126 valence electrons. The van der Waals surface area contributed by atoms with Crippen LogP contribution < -0.4 is 5.56 Å². The van der Waals surface area contributed by atoms with Gasteiger partial charge in [0.2, 0.25) is 11.8 Å². The molecule has 1 aliphatic heterocycles. The van der Waals surface area contributed by atoms with Gasteiger partial charge in [-0.3, -0.25) is 14.4 Å². The van der Waals surface area contributed by atoms with Gasteiger partial charge < -0.3 is 14.8 Å². The van der Waals surface area contributed by atoms with Gasteiger partial charge in [-0.1, -0.05) is 12.1 Å². The molecular weight excluding hydrogens is 308 g/mol. The lowest BCUT2D eigenvalue weighted by Gasteiger charge is -2.20. The van der Waals surface area contributed by atoms with E-state index >= 15 is 0 Å². The van der Waals surface area contributed by atoms with E-state index in [4.69, 9.17) is 0 Å². The van der Waals surface area contributed by atoms with Crippen LogP contribution in [0.1, 0.15) is 18.7 Å². The number of nitrogens with one attached hydrogen (secondary N) is 1. The van der Waals surface area contributed by atoms with Gasteiger partial charge in [-0.05, 0) is 12.1 Å². The van der Waals surface area contributed by atoms with E-state index in [2.05, 4.69) is 9.97 Å². The molecule has 1 fully saturated rings. The smallest absolute Gasteiger partial charge is 0.258 e. The Bertz CT molecular complexity index is 830. The highest BCUT2D eigenvalue weighted by Crippen LogP contribution is 2.09. The van der Waals surface area contributed by atoms with Gasteiger partial charge in [0.05, 0.1) is 10.9 Å². The summed E-state index contributed by atoms with van der Waals surface area (Å²) in [5.41, 5.74) is 0.440. The molecule has 1 aromatic heterocycles. The Morgan fingerprint density at radius 2 is 2.00 bits per heavy atom. The van der Waals surface area contributed by atoms with E-state index in [0.29, 0.717) is 49.2 Å². The molecule has 1 saturated heterocycles. The molecule has 2 aromatic rings. The molecule has 2 heterocycles. The molecular formula is C17H20N4O3. The number of carbonyl (C=O) groups is 2. The summed E-state index contributed by atoms with van der Waals surface area (Å²) in [5, 5.41) is 0.543. The number of amides is 2. The number of para-hydroxylation sites is 1. The fourth-order valence-corrected chi connectivity index (χ4v) is 2.81. The van der Waals surface area contributed by atoms with Gasteiger partial charge in [-0.15, -0.1) is 0 Å². The minimum Gasteiger partial charge on any atom is -0.344 e. The second-order valence-corrected chi connectivity index (χ2v) is 5.98. The van der Waals surface area contributed by atoms with Crippen molar-refractivity contribution in [3.63, 3.8) is 0 Å². The van der Waals surface area contributed by atoms with Crippen molar-refractivity contribution in [1.82, 2.24) is 19.8 Å². The first-order chi connectivity index (χ1) is 11.5. The number of fused-ring (bicyclic) bond motifs is 1. The molecule has 0 atom stereocenters. The molecule has 0 saturated carbocycles. The molecule has 0 unspecified atom stereocenters. The van der Waals surface area contributed by atoms with Crippen LogP contribution in [0.2, 0.25) is 0 Å². The van der Waals surface area contributed by atoms with Crippen molar-refractivity contribution in [3.05, 3.63) is 40.4 Å². The fraction of sp³-hybridized carbons (Fsp3) is 0.412. The maximum atomic E-state index is 12.4. The summed E-state index contributed by atoms with van der Waals surface area (Å²) in [4.78, 5) is 46.6. The van der Waals surface area contributed by atoms with Crippen molar-refractivity contribution in [3.8, 4) is 0 Å². The maximum Gasteiger partial charge on any atom is 0.258 e. The highest BCUT2D eigenvalue weighted by Gasteiger charge is 2.21. The molecule has 0 spiro atoms. The Morgan fingerprint density at radius 1 is 1.21 bits per heavy atom. The van der Waals surface area contributed by atoms with Crippen LogP contribution in [0.15, 0.2) is 29.1 Å². The normalized spacial score (nSPS) is 15.6. The number of carbonyl (C=O) groups excluding carboxylic acids is 2. The van der Waals surface area contributed by atoms with Gasteiger partial charge in [0.15, 0.2) is 0 Å². The molecule has 24 heavy (non-hydrogen) atoms. The summed E-state index contributed by atoms with van der Waals surface area (Å²) in [6.07, 6.45) is 0.992. The van der Waals surface area contributed by atoms with Crippen LogP contribution in [0.3, 0.4) is 0 Å². The Kier molecular flexibility index (Phi) is 4.59. The molecule has 7 heteroatoms. The quantitative estimate of drug-likeness (QED) is 0.891. The van der Waals surface area contributed by atoms with Gasteiger partial charge in [-0.2, -0.15) is 0 Å². The first kappa shape index (κ1) is 16.2. The minimum atomic E-state index is -0.190. The van der Waals surface area contributed by atoms with E-state index in [1.807, 2.05) is 6.07 Å². The molecule has 2 amide bonds. The fourth-order valence-electron chi connectivity index (χ4n) is 2.81. The standard InChI is InChI=1S/C17H20N4O3/c1-20-10-11-21(9-8-15(20)22)16(23)7-6-14-18-13-5-3-2-4-12(13)17(24)19-14/h2-5H,6-11H2,1H3,(H,18,19,24). The third-order valence-corrected chi connectivity index (χ3v) is 4.32. The number of H-pyrrole nitrogens is 1. The number of aromatic amines is 1. The number of likely N-dealkylation sites (N-methyl/N-ethyl adjacent to an activating group) is 1. The average Bonchev–Trinajstić information content (AvgIpc) is 2.75. The maximum absolute atomic E-state index is 12.4. The largest absolute Gasteiger partial charge is 0.344 e. The van der Waals surface area contributed by atoms with E-state index < -0.39 is 0 Å². The van der Waals surface area contributed by atoms with E-state index in [0.717, 1.165) is 0 Å². The Labute approximate surface area is 139 Å². The lowest BCUT2D eigenvalue weighted by atomic mass is 10.2. The third-order valence-electron chi connectivity index (χ3n) is 4.32. The van der Waals surface area contributed by atoms with E-state index in [9.17, 15) is 14.4 Å². The molecule has 7 nitrogen and oxygen atoms in total. The summed E-state index contributed by atoms with van der Waals surface area (Å²) in [6.45, 7) is 1.54. The highest BCUT2D eigenvalue weighted by atomic mass is 16.2. The molecule has 1 aromatic carbocycles. The second kappa shape index (κ2) is 6.82. The Balaban J connectivity index is 1.66. The predicted octanol–water partition coefficient (Wildman–Crippen LogP) is 0.546. The zero-order chi connectivity index (χ0) is 17.1. The van der Waals surface area contributed by atoms with Gasteiger partial charge in [0, 0.05) is 45.9 Å². The number of aromatic nitrogens is 2. The monoisotopic (exact) mass is 328 g/mol. The zero-order valence-corrected chi connectivity index (χ0v) is 13.6. The van der Waals surface area contributed by atoms with Crippen LogP contribution in [0, 0.1) is 0 Å². The number of rotatable bonds is 3. The van der Waals surface area contributed by atoms with Crippen molar-refractivity contribution in [2.24, 2.45) is 0 Å². The molecule has 3 rings (SSSR count). The molecule has 1 aliphatic rings. The van der Waals surface area contributed by atoms with Crippen molar-refractivity contribution >= 4 is 22.7 Å². The number of benzene rings is 1. The minimum absolute atomic E-state index is 0.0195. The van der Waals surface area contributed by atoms with E-state index in [-0.39, 0.29) is 23.8 Å². The number of hydrogen-bond donors (Lipinski definition) is 1. The lowest BCUT2D eigenvalue weighted by molar-refractivity contribution is -0.131. The average molecular weight is 328 g/mol. The highest BCUT2D eigenvalue weighted by molar-refractivity contribution is 5.80. The van der Waals surface area contributed by atoms with E-state index in [1.165, 1.54) is 0 Å². The number of hydrogen-bond acceptors (Lipinski definition) is 4. The van der Waals surface area contributed by atoms with Gasteiger partial charge in [-0.25, -0.2) is 4.98 Å². The molecule has 1 N–H and O–H groups in total. The van der Waals surface area contributed by atoms with E-state index in [1.54, 1.807) is 35.0 Å². The van der Waals surface area contributed by atoms with Gasteiger partial charge >= 0.3 is 0 Å². The summed E-state index contributed by atoms with van der Waals surface area (Å²) >= 11 is 0. The summed E-state index contributed by atoms with van der Waals surface area (Å²) < 4.78 is 0. The van der Waals surface area contributed by atoms with Crippen LogP contribution in [0.5, 0.6) is 0 Å². The first-order valence-electron chi connectivity index (χ1n) is 8.04. The summed E-state index contributed by atoms with van der Waals surface area (Å²) in [6, 6.07) is 7.13. The van der Waals surface area contributed by atoms with Crippen LogP contribution in [-0.2, 0) is 16.0 Å². The first-order valence-corrected chi connectivity index (χ1v) is 8.04. The molecule has 0 bridgehead atoms. The van der Waals surface area contributed by atoms with Crippen molar-refractivity contribution in [2.45, 2.75) is 19.3 Å². The third kappa shape index (κ3) is 3.45. The van der Waals surface area contributed by atoms with Gasteiger partial charge in [0.1, 0.15) is 5.82 Å². The Morgan fingerprint density at radius 3 is 2.83 bits per heavy atom.